The first-order chi connectivity index (χ1) is 15.1. The molecular weight excluding hydrogens is 394 g/mol. The van der Waals surface area contributed by atoms with Crippen LogP contribution in [0, 0.1) is 11.3 Å². The fourth-order valence-electron chi connectivity index (χ4n) is 3.29. The van der Waals surface area contributed by atoms with Gasteiger partial charge in [-0.2, -0.15) is 5.26 Å². The zero-order chi connectivity index (χ0) is 21.6. The Morgan fingerprint density at radius 2 is 1.87 bits per heavy atom. The Hall–Kier alpha value is -4.37. The summed E-state index contributed by atoms with van der Waals surface area (Å²) in [6.45, 7) is -0.0798. The van der Waals surface area contributed by atoms with E-state index >= 15 is 0 Å². The summed E-state index contributed by atoms with van der Waals surface area (Å²) in [7, 11) is 0. The molecule has 0 N–H and O–H groups in total. The van der Waals surface area contributed by atoms with Crippen LogP contribution >= 0.6 is 0 Å². The molecule has 3 aromatic carbocycles. The van der Waals surface area contributed by atoms with Crippen molar-refractivity contribution >= 4 is 33.8 Å². The van der Waals surface area contributed by atoms with Gasteiger partial charge in [0.1, 0.15) is 24.0 Å². The zero-order valence-electron chi connectivity index (χ0n) is 16.4. The molecule has 0 spiro atoms. The first kappa shape index (κ1) is 19.9. The summed E-state index contributed by atoms with van der Waals surface area (Å²) in [5.74, 6) is 0.0368. The number of ether oxygens (including phenoxy) is 2. The number of benzene rings is 3. The summed E-state index contributed by atoms with van der Waals surface area (Å²) in [4.78, 5) is 24.2. The monoisotopic (exact) mass is 411 g/mol. The van der Waals surface area contributed by atoms with E-state index in [1.165, 1.54) is 12.1 Å². The van der Waals surface area contributed by atoms with Crippen molar-refractivity contribution in [2.75, 3.05) is 6.61 Å². The Bertz CT molecular complexity index is 1380. The SMILES string of the molecule is N#CCOc1ccc(/C=C/C(=O)OCc2cc(=O)oc3ccc4ccccc4c23)cc1. The van der Waals surface area contributed by atoms with Crippen LogP contribution in [0.15, 0.2) is 82.0 Å². The summed E-state index contributed by atoms with van der Waals surface area (Å²) in [5, 5.41) is 11.2. The van der Waals surface area contributed by atoms with Crippen molar-refractivity contribution in [2.45, 2.75) is 6.61 Å². The molecule has 0 saturated heterocycles. The lowest BCUT2D eigenvalue weighted by Gasteiger charge is -2.08. The van der Waals surface area contributed by atoms with Crippen LogP contribution in [-0.4, -0.2) is 12.6 Å². The van der Waals surface area contributed by atoms with E-state index in [2.05, 4.69) is 0 Å². The van der Waals surface area contributed by atoms with Crippen LogP contribution in [-0.2, 0) is 16.1 Å². The zero-order valence-corrected chi connectivity index (χ0v) is 16.4. The van der Waals surface area contributed by atoms with E-state index in [1.54, 1.807) is 36.4 Å². The highest BCUT2D eigenvalue weighted by Gasteiger charge is 2.11. The van der Waals surface area contributed by atoms with Crippen molar-refractivity contribution in [3.05, 3.63) is 94.4 Å². The van der Waals surface area contributed by atoms with Crippen molar-refractivity contribution in [1.82, 2.24) is 0 Å². The van der Waals surface area contributed by atoms with Gasteiger partial charge in [-0.1, -0.05) is 42.5 Å². The van der Waals surface area contributed by atoms with Gasteiger partial charge in [0.05, 0.1) is 0 Å². The Balaban J connectivity index is 1.50. The highest BCUT2D eigenvalue weighted by atomic mass is 16.5. The van der Waals surface area contributed by atoms with Gasteiger partial charge in [0.25, 0.3) is 0 Å². The number of nitriles is 1. The highest BCUT2D eigenvalue weighted by Crippen LogP contribution is 2.27. The Kier molecular flexibility index (Phi) is 5.77. The smallest absolute Gasteiger partial charge is 0.336 e. The molecule has 4 aromatic rings. The minimum atomic E-state index is -0.536. The lowest BCUT2D eigenvalue weighted by atomic mass is 10.0. The topological polar surface area (TPSA) is 89.5 Å². The molecule has 0 unspecified atom stereocenters. The maximum absolute atomic E-state index is 12.2. The minimum Gasteiger partial charge on any atom is -0.479 e. The van der Waals surface area contributed by atoms with Crippen LogP contribution in [0.1, 0.15) is 11.1 Å². The first-order valence-corrected chi connectivity index (χ1v) is 9.53. The van der Waals surface area contributed by atoms with Crippen molar-refractivity contribution in [3.63, 3.8) is 0 Å². The molecule has 0 saturated carbocycles. The van der Waals surface area contributed by atoms with Crippen molar-refractivity contribution in [1.29, 1.82) is 5.26 Å². The third kappa shape index (κ3) is 4.62. The van der Waals surface area contributed by atoms with Crippen molar-refractivity contribution in [3.8, 4) is 11.8 Å². The number of nitrogens with zero attached hydrogens (tertiary/aromatic N) is 1. The van der Waals surface area contributed by atoms with Gasteiger partial charge < -0.3 is 13.9 Å². The van der Waals surface area contributed by atoms with Crippen LogP contribution in [0.5, 0.6) is 5.75 Å². The van der Waals surface area contributed by atoms with Crippen LogP contribution in [0.4, 0.5) is 0 Å². The average Bonchev–Trinajstić information content (AvgIpc) is 2.80. The maximum Gasteiger partial charge on any atom is 0.336 e. The molecule has 152 valence electrons. The van der Waals surface area contributed by atoms with Gasteiger partial charge in [-0.05, 0) is 40.6 Å². The molecule has 0 aliphatic rings. The largest absolute Gasteiger partial charge is 0.479 e. The summed E-state index contributed by atoms with van der Waals surface area (Å²) in [6.07, 6.45) is 2.93. The lowest BCUT2D eigenvalue weighted by Crippen LogP contribution is -2.06. The van der Waals surface area contributed by atoms with Crippen molar-refractivity contribution < 1.29 is 18.7 Å². The second-order valence-electron chi connectivity index (χ2n) is 6.71. The van der Waals surface area contributed by atoms with Crippen LogP contribution < -0.4 is 10.4 Å². The molecule has 6 nitrogen and oxygen atoms in total. The van der Waals surface area contributed by atoms with E-state index in [0.717, 1.165) is 21.7 Å². The second kappa shape index (κ2) is 8.97. The molecule has 0 radical (unpaired) electrons. The van der Waals surface area contributed by atoms with E-state index < -0.39 is 11.6 Å². The average molecular weight is 411 g/mol. The first-order valence-electron chi connectivity index (χ1n) is 9.53. The second-order valence-corrected chi connectivity index (χ2v) is 6.71. The number of hydrogen-bond donors (Lipinski definition) is 0. The minimum absolute atomic E-state index is 0.0245. The van der Waals surface area contributed by atoms with Gasteiger partial charge in [-0.25, -0.2) is 9.59 Å². The van der Waals surface area contributed by atoms with Gasteiger partial charge in [0.15, 0.2) is 6.61 Å². The predicted octanol–water partition coefficient (Wildman–Crippen LogP) is 4.61. The van der Waals surface area contributed by atoms with Crippen LogP contribution in [0.2, 0.25) is 0 Å². The lowest BCUT2D eigenvalue weighted by molar-refractivity contribution is -0.138. The van der Waals surface area contributed by atoms with Gasteiger partial charge in [0, 0.05) is 23.1 Å². The Morgan fingerprint density at radius 1 is 1.06 bits per heavy atom. The number of rotatable bonds is 6. The normalized spacial score (nSPS) is 10.9. The molecule has 1 aromatic heterocycles. The van der Waals surface area contributed by atoms with E-state index in [0.29, 0.717) is 16.9 Å². The molecule has 4 rings (SSSR count). The quantitative estimate of drug-likeness (QED) is 0.199. The van der Waals surface area contributed by atoms with Crippen molar-refractivity contribution in [2.24, 2.45) is 0 Å². The third-order valence-corrected chi connectivity index (χ3v) is 4.68. The number of fused-ring (bicyclic) bond motifs is 3. The molecule has 0 atom stereocenters. The maximum atomic E-state index is 12.2. The number of esters is 1. The van der Waals surface area contributed by atoms with Crippen LogP contribution in [0.3, 0.4) is 0 Å². The van der Waals surface area contributed by atoms with E-state index in [-0.39, 0.29) is 13.2 Å². The number of carbonyl (C=O) groups excluding carboxylic acids is 1. The molecule has 0 bridgehead atoms. The third-order valence-electron chi connectivity index (χ3n) is 4.68. The summed E-state index contributed by atoms with van der Waals surface area (Å²) in [5.41, 5.74) is 1.32. The van der Waals surface area contributed by atoms with E-state index in [9.17, 15) is 9.59 Å². The molecule has 0 amide bonds. The molecule has 0 aliphatic carbocycles. The van der Waals surface area contributed by atoms with Gasteiger partial charge >= 0.3 is 11.6 Å². The molecule has 6 heteroatoms. The summed E-state index contributed by atoms with van der Waals surface area (Å²) in [6, 6.07) is 21.6. The van der Waals surface area contributed by atoms with Gasteiger partial charge in [-0.15, -0.1) is 0 Å². The molecular formula is C25H17NO5. The van der Waals surface area contributed by atoms with Gasteiger partial charge in [0.2, 0.25) is 0 Å². The molecule has 31 heavy (non-hydrogen) atoms. The fourth-order valence-corrected chi connectivity index (χ4v) is 3.29. The molecule has 0 aliphatic heterocycles. The highest BCUT2D eigenvalue weighted by molar-refractivity contribution is 6.07. The summed E-state index contributed by atoms with van der Waals surface area (Å²) >= 11 is 0. The number of carbonyl (C=O) groups is 1. The number of hydrogen-bond acceptors (Lipinski definition) is 6. The standard InChI is InChI=1S/C25H17NO5/c26-13-14-29-20-9-5-17(6-10-20)7-12-23(27)30-16-19-15-24(28)31-22-11-8-18-3-1-2-4-21(18)25(19)22/h1-12,15H,14,16H2/b12-7+. The summed E-state index contributed by atoms with van der Waals surface area (Å²) < 4.78 is 15.9. The molecule has 1 heterocycles. The molecule has 0 fully saturated rings. The van der Waals surface area contributed by atoms with Gasteiger partial charge in [-0.3, -0.25) is 0 Å². The van der Waals surface area contributed by atoms with Crippen LogP contribution in [0.25, 0.3) is 27.8 Å². The van der Waals surface area contributed by atoms with E-state index in [1.807, 2.05) is 36.4 Å². The predicted molar refractivity (Wildman–Crippen MR) is 116 cm³/mol. The fraction of sp³-hybridized carbons (Fsp3) is 0.0800. The Morgan fingerprint density at radius 3 is 2.68 bits per heavy atom. The Labute approximate surface area is 177 Å². The van der Waals surface area contributed by atoms with E-state index in [4.69, 9.17) is 19.2 Å².